The van der Waals surface area contributed by atoms with Crippen molar-refractivity contribution in [3.05, 3.63) is 24.0 Å². The molecule has 0 atom stereocenters. The smallest absolute Gasteiger partial charge is 0.386 e. The molecule has 1 amide bonds. The van der Waals surface area contributed by atoms with Crippen LogP contribution in [0.2, 0.25) is 0 Å². The summed E-state index contributed by atoms with van der Waals surface area (Å²) in [5.74, 6) is -0.605. The van der Waals surface area contributed by atoms with Crippen molar-refractivity contribution >= 4 is 11.6 Å². The van der Waals surface area contributed by atoms with Crippen LogP contribution in [0, 0.1) is 0 Å². The second-order valence-electron chi connectivity index (χ2n) is 4.45. The molecule has 1 aromatic heterocycles. The Morgan fingerprint density at radius 2 is 2.21 bits per heavy atom. The maximum atomic E-state index is 12.5. The summed E-state index contributed by atoms with van der Waals surface area (Å²) in [5, 5.41) is 2.76. The standard InChI is InChI=1S/C12H14F3N3O/c1-16-10-6-17-5-4-9(10)11(19)18(8-2-3-8)7-12(13,14)15/h4-6,8,16H,2-3,7H2,1H3. The molecule has 1 heterocycles. The average molecular weight is 273 g/mol. The van der Waals surface area contributed by atoms with Crippen LogP contribution in [-0.2, 0) is 0 Å². The van der Waals surface area contributed by atoms with Gasteiger partial charge in [-0.25, -0.2) is 0 Å². The quantitative estimate of drug-likeness (QED) is 0.915. The summed E-state index contributed by atoms with van der Waals surface area (Å²) >= 11 is 0. The number of anilines is 1. The van der Waals surface area contributed by atoms with E-state index in [0.29, 0.717) is 18.5 Å². The lowest BCUT2D eigenvalue weighted by atomic mass is 10.2. The van der Waals surface area contributed by atoms with Crippen LogP contribution in [0.5, 0.6) is 0 Å². The fraction of sp³-hybridized carbons (Fsp3) is 0.500. The molecule has 0 saturated heterocycles. The van der Waals surface area contributed by atoms with Gasteiger partial charge in [-0.1, -0.05) is 0 Å². The fourth-order valence-corrected chi connectivity index (χ4v) is 1.88. The van der Waals surface area contributed by atoms with Gasteiger partial charge in [-0.3, -0.25) is 9.78 Å². The fourth-order valence-electron chi connectivity index (χ4n) is 1.88. The monoisotopic (exact) mass is 273 g/mol. The van der Waals surface area contributed by atoms with Crippen molar-refractivity contribution in [1.82, 2.24) is 9.88 Å². The maximum Gasteiger partial charge on any atom is 0.406 e. The SMILES string of the molecule is CNc1cnccc1C(=O)N(CC(F)(F)F)C1CC1. The highest BCUT2D eigenvalue weighted by Crippen LogP contribution is 2.32. The molecule has 104 valence electrons. The highest BCUT2D eigenvalue weighted by atomic mass is 19.4. The molecule has 0 aromatic carbocycles. The Morgan fingerprint density at radius 1 is 1.53 bits per heavy atom. The molecule has 4 nitrogen and oxygen atoms in total. The van der Waals surface area contributed by atoms with Gasteiger partial charge in [-0.2, -0.15) is 13.2 Å². The van der Waals surface area contributed by atoms with E-state index in [1.165, 1.54) is 18.5 Å². The van der Waals surface area contributed by atoms with Crippen LogP contribution in [0.3, 0.4) is 0 Å². The summed E-state index contributed by atoms with van der Waals surface area (Å²) in [7, 11) is 1.60. The minimum absolute atomic E-state index is 0.216. The van der Waals surface area contributed by atoms with Gasteiger partial charge in [-0.05, 0) is 18.9 Å². The van der Waals surface area contributed by atoms with Crippen LogP contribution in [0.15, 0.2) is 18.5 Å². The normalized spacial score (nSPS) is 15.2. The maximum absolute atomic E-state index is 12.5. The van der Waals surface area contributed by atoms with E-state index in [4.69, 9.17) is 0 Å². The zero-order chi connectivity index (χ0) is 14.0. The first-order valence-electron chi connectivity index (χ1n) is 5.92. The predicted octanol–water partition coefficient (Wildman–Crippen LogP) is 2.29. The number of amides is 1. The largest absolute Gasteiger partial charge is 0.406 e. The van der Waals surface area contributed by atoms with E-state index < -0.39 is 18.6 Å². The van der Waals surface area contributed by atoms with Crippen molar-refractivity contribution in [3.8, 4) is 0 Å². The van der Waals surface area contributed by atoms with Crippen molar-refractivity contribution in [3.63, 3.8) is 0 Å². The van der Waals surface area contributed by atoms with Gasteiger partial charge in [0.05, 0.1) is 17.4 Å². The molecule has 1 saturated carbocycles. The highest BCUT2D eigenvalue weighted by molar-refractivity contribution is 5.99. The lowest BCUT2D eigenvalue weighted by molar-refractivity contribution is -0.141. The third kappa shape index (κ3) is 3.36. The number of rotatable bonds is 4. The van der Waals surface area contributed by atoms with Gasteiger partial charge in [0.25, 0.3) is 5.91 Å². The van der Waals surface area contributed by atoms with Crippen molar-refractivity contribution in [2.24, 2.45) is 0 Å². The summed E-state index contributed by atoms with van der Waals surface area (Å²) < 4.78 is 37.6. The minimum Gasteiger partial charge on any atom is -0.386 e. The molecule has 0 unspecified atom stereocenters. The van der Waals surface area contributed by atoms with Crippen molar-refractivity contribution in [1.29, 1.82) is 0 Å². The number of hydrogen-bond acceptors (Lipinski definition) is 3. The number of nitrogens with zero attached hydrogens (tertiary/aromatic N) is 2. The van der Waals surface area contributed by atoms with E-state index in [1.807, 2.05) is 0 Å². The van der Waals surface area contributed by atoms with Crippen molar-refractivity contribution in [2.75, 3.05) is 18.9 Å². The zero-order valence-corrected chi connectivity index (χ0v) is 10.4. The van der Waals surface area contributed by atoms with Crippen LogP contribution in [0.4, 0.5) is 18.9 Å². The zero-order valence-electron chi connectivity index (χ0n) is 10.4. The van der Waals surface area contributed by atoms with Gasteiger partial charge in [-0.15, -0.1) is 0 Å². The molecule has 0 bridgehead atoms. The Labute approximate surface area is 108 Å². The average Bonchev–Trinajstić information content (AvgIpc) is 3.18. The summed E-state index contributed by atoms with van der Waals surface area (Å²) in [4.78, 5) is 17.0. The number of aromatic nitrogens is 1. The van der Waals surface area contributed by atoms with E-state index in [-0.39, 0.29) is 11.6 Å². The van der Waals surface area contributed by atoms with Gasteiger partial charge in [0.15, 0.2) is 0 Å². The second-order valence-corrected chi connectivity index (χ2v) is 4.45. The molecule has 1 aliphatic rings. The number of hydrogen-bond donors (Lipinski definition) is 1. The number of alkyl halides is 3. The second kappa shape index (κ2) is 5.07. The van der Waals surface area contributed by atoms with E-state index in [9.17, 15) is 18.0 Å². The van der Waals surface area contributed by atoms with Gasteiger partial charge in [0, 0.05) is 19.3 Å². The van der Waals surface area contributed by atoms with Gasteiger partial charge in [0.2, 0.25) is 0 Å². The van der Waals surface area contributed by atoms with Gasteiger partial charge >= 0.3 is 6.18 Å². The molecule has 2 rings (SSSR count). The molecule has 7 heteroatoms. The summed E-state index contributed by atoms with van der Waals surface area (Å²) in [6, 6.07) is 1.13. The Balaban J connectivity index is 2.24. The molecule has 1 fully saturated rings. The van der Waals surface area contributed by atoms with Crippen LogP contribution >= 0.6 is 0 Å². The molecule has 1 aromatic rings. The highest BCUT2D eigenvalue weighted by Gasteiger charge is 2.41. The minimum atomic E-state index is -4.38. The van der Waals surface area contributed by atoms with Crippen LogP contribution < -0.4 is 5.32 Å². The van der Waals surface area contributed by atoms with Crippen LogP contribution in [0.1, 0.15) is 23.2 Å². The molecular formula is C12H14F3N3O. The number of halogens is 3. The summed E-state index contributed by atoms with van der Waals surface area (Å²) in [6.07, 6.45) is -0.312. The first-order valence-corrected chi connectivity index (χ1v) is 5.92. The number of pyridine rings is 1. The summed E-state index contributed by atoms with van der Waals surface area (Å²) in [6.45, 7) is -1.21. The Hall–Kier alpha value is -1.79. The Morgan fingerprint density at radius 3 is 2.74 bits per heavy atom. The third-order valence-corrected chi connectivity index (χ3v) is 2.92. The van der Waals surface area contributed by atoms with Gasteiger partial charge in [0.1, 0.15) is 6.54 Å². The van der Waals surface area contributed by atoms with Crippen LogP contribution in [0.25, 0.3) is 0 Å². The van der Waals surface area contributed by atoms with Crippen molar-refractivity contribution < 1.29 is 18.0 Å². The predicted molar refractivity (Wildman–Crippen MR) is 63.9 cm³/mol. The molecule has 0 aliphatic heterocycles. The molecular weight excluding hydrogens is 259 g/mol. The van der Waals surface area contributed by atoms with E-state index in [2.05, 4.69) is 10.3 Å². The lowest BCUT2D eigenvalue weighted by Gasteiger charge is -2.24. The molecule has 0 spiro atoms. The number of carbonyl (C=O) groups is 1. The first kappa shape index (κ1) is 13.6. The number of carbonyl (C=O) groups excluding carboxylic acids is 1. The first-order chi connectivity index (χ1) is 8.92. The van der Waals surface area contributed by atoms with E-state index >= 15 is 0 Å². The molecule has 1 N–H and O–H groups in total. The Bertz CT molecular complexity index is 472. The molecule has 19 heavy (non-hydrogen) atoms. The van der Waals surface area contributed by atoms with Crippen LogP contribution in [-0.4, -0.2) is 41.6 Å². The van der Waals surface area contributed by atoms with Crippen molar-refractivity contribution in [2.45, 2.75) is 25.1 Å². The summed E-state index contributed by atoms with van der Waals surface area (Å²) in [5.41, 5.74) is 0.647. The van der Waals surface area contributed by atoms with E-state index in [0.717, 1.165) is 4.90 Å². The van der Waals surface area contributed by atoms with Gasteiger partial charge < -0.3 is 10.2 Å². The lowest BCUT2D eigenvalue weighted by Crippen LogP contribution is -2.40. The topological polar surface area (TPSA) is 45.2 Å². The third-order valence-electron chi connectivity index (χ3n) is 2.92. The molecule has 0 radical (unpaired) electrons. The van der Waals surface area contributed by atoms with E-state index in [1.54, 1.807) is 7.05 Å². The molecule has 1 aliphatic carbocycles. The number of nitrogens with one attached hydrogen (secondary N) is 1. The Kier molecular flexibility index (Phi) is 3.64.